The van der Waals surface area contributed by atoms with Crippen LogP contribution < -0.4 is 16.4 Å². The van der Waals surface area contributed by atoms with Crippen LogP contribution in [-0.2, 0) is 50.7 Å². The summed E-state index contributed by atoms with van der Waals surface area (Å²) < 4.78 is 62.4. The van der Waals surface area contributed by atoms with Crippen molar-refractivity contribution in [3.63, 3.8) is 0 Å². The molecule has 3 heterocycles. The molecule has 2 aromatic rings. The number of nitrogens with two attached hydrogens (primary N) is 1. The van der Waals surface area contributed by atoms with Gasteiger partial charge in [0.2, 0.25) is 11.8 Å². The monoisotopic (exact) mass is 1100 g/mol. The first kappa shape index (κ1) is 62.5. The number of fused-ring (bicyclic) bond motifs is 1. The number of hydrogen-bond acceptors (Lipinski definition) is 19. The number of hydrogen-bond donors (Lipinski definition) is 10. The highest BCUT2D eigenvalue weighted by atomic mass is 32.2. The number of nitrogens with one attached hydrogen (secondary N) is 2. The number of carbonyl (C=O) groups is 3. The minimum absolute atomic E-state index is 0.0217. The zero-order valence-electron chi connectivity index (χ0n) is 40.2. The summed E-state index contributed by atoms with van der Waals surface area (Å²) in [5.41, 5.74) is 4.24. The van der Waals surface area contributed by atoms with Crippen LogP contribution in [0.1, 0.15) is 91.2 Å². The fourth-order valence-electron chi connectivity index (χ4n) is 6.49. The van der Waals surface area contributed by atoms with Gasteiger partial charge >= 0.3 is 23.5 Å². The van der Waals surface area contributed by atoms with E-state index in [1.165, 1.54) is 13.8 Å². The average Bonchev–Trinajstić information content (AvgIpc) is 3.86. The number of anilines is 1. The summed E-state index contributed by atoms with van der Waals surface area (Å²) in [6, 6.07) is 0. The number of thioether (sulfide) groups is 1. The smallest absolute Gasteiger partial charge is 0.393 e. The predicted molar refractivity (Wildman–Crippen MR) is 266 cm³/mol. The van der Waals surface area contributed by atoms with Gasteiger partial charge in [0.05, 0.1) is 25.6 Å². The molecule has 1 aliphatic heterocycles. The normalized spacial score (nSPS) is 20.5. The Labute approximate surface area is 421 Å². The Morgan fingerprint density at radius 2 is 1.50 bits per heavy atom. The third kappa shape index (κ3) is 23.6. The maximum Gasteiger partial charge on any atom is 0.481 e. The molecule has 1 fully saturated rings. The number of ether oxygens (including phenoxy) is 1. The molecule has 0 aliphatic carbocycles. The van der Waals surface area contributed by atoms with Gasteiger partial charge in [-0.2, -0.15) is 4.31 Å². The molecule has 72 heavy (non-hydrogen) atoms. The molecule has 404 valence electrons. The van der Waals surface area contributed by atoms with Crippen molar-refractivity contribution in [3.8, 4) is 0 Å². The summed E-state index contributed by atoms with van der Waals surface area (Å²) in [4.78, 5) is 88.5. The van der Waals surface area contributed by atoms with E-state index in [-0.39, 0.29) is 53.8 Å². The van der Waals surface area contributed by atoms with Crippen LogP contribution in [0.3, 0.4) is 0 Å². The molecule has 0 saturated carbocycles. The highest BCUT2D eigenvalue weighted by Gasteiger charge is 2.50. The Bertz CT molecular complexity index is 2340. The van der Waals surface area contributed by atoms with E-state index in [1.807, 2.05) is 0 Å². The number of unbranched alkanes of at least 4 members (excludes halogenated alkanes) is 1. The standard InChI is InChI=1S/C43H68N7O18P3S/c1-4-5-6-7-8-9-10-11-12-13-14-15-16-17-18-19-20-21-31(51)26-34(53)72-25-24-45-33(52)22-23-46-41(56)38(55)43(2,3)28-65-71(62,63)68-70(60,61)64-27-32-37(67-69(57,58)59)36(54)42(66-32)50-30-49-35-39(44)47-29-48-40(35)50/h5-6,8-9,11-12,14-15,17-18,29-32,36-38,42,51,54-55H,4,7,10,13,16,19-28H2,1-3H3,(H,45,52)(H,46,56)(H,60,61)(H,62,63)(H2,44,47,48)(H2,57,58,59)/b6-5-,9-8-,12-11-,15-14-,18-17?/t31?,32-,36-,37-,38+,42-/m1/s1. The van der Waals surface area contributed by atoms with E-state index in [0.717, 1.165) is 73.9 Å². The van der Waals surface area contributed by atoms with Gasteiger partial charge in [-0.05, 0) is 51.4 Å². The number of rotatable bonds is 34. The van der Waals surface area contributed by atoms with Gasteiger partial charge in [-0.15, -0.1) is 0 Å². The topological polar surface area (TPSA) is 384 Å². The third-order valence-corrected chi connectivity index (χ3v) is 14.2. The number of aromatic nitrogens is 4. The first-order chi connectivity index (χ1) is 33.9. The van der Waals surface area contributed by atoms with Gasteiger partial charge in [0, 0.05) is 37.1 Å². The van der Waals surface area contributed by atoms with Crippen molar-refractivity contribution in [1.29, 1.82) is 0 Å². The average molecular weight is 1100 g/mol. The molecule has 1 saturated heterocycles. The van der Waals surface area contributed by atoms with E-state index in [4.69, 9.17) is 19.5 Å². The molecule has 29 heteroatoms. The van der Waals surface area contributed by atoms with Crippen LogP contribution in [0.5, 0.6) is 0 Å². The number of nitrogen functional groups attached to an aromatic ring is 1. The van der Waals surface area contributed by atoms with Crippen LogP contribution in [0.25, 0.3) is 11.2 Å². The summed E-state index contributed by atoms with van der Waals surface area (Å²) in [5.74, 6) is -1.27. The fourth-order valence-corrected chi connectivity index (χ4v) is 10.1. The van der Waals surface area contributed by atoms with Crippen LogP contribution in [0, 0.1) is 5.41 Å². The highest BCUT2D eigenvalue weighted by Crippen LogP contribution is 2.61. The van der Waals surface area contributed by atoms with E-state index >= 15 is 0 Å². The number of allylic oxidation sites excluding steroid dienone is 10. The second-order valence-electron chi connectivity index (χ2n) is 16.8. The molecule has 0 spiro atoms. The molecule has 2 aromatic heterocycles. The maximum absolute atomic E-state index is 12.8. The molecule has 3 unspecified atom stereocenters. The third-order valence-electron chi connectivity index (χ3n) is 10.2. The lowest BCUT2D eigenvalue weighted by molar-refractivity contribution is -0.137. The van der Waals surface area contributed by atoms with E-state index in [2.05, 4.69) is 102 Å². The lowest BCUT2D eigenvalue weighted by atomic mass is 9.87. The number of amides is 2. The quantitative estimate of drug-likeness (QED) is 0.0265. The number of phosphoric acid groups is 3. The SMILES string of the molecule is CC/C=C\C/C=C\C/C=C\C/C=C\CC=CCCCC(O)CC(=O)SCCNC(=O)CCNC(=O)[C@H](O)C(C)(C)COP(=O)(O)OP(=O)(O)OC[C@H]1O[C@@H](n2cnc3c(N)ncnc32)[C@H](O)[C@@H]1OP(=O)(O)O. The summed E-state index contributed by atoms with van der Waals surface area (Å²) in [7, 11) is -16.5. The zero-order chi connectivity index (χ0) is 53.4. The van der Waals surface area contributed by atoms with Gasteiger partial charge in [0.25, 0.3) is 0 Å². The van der Waals surface area contributed by atoms with Gasteiger partial charge in [0.1, 0.15) is 36.3 Å². The second-order valence-corrected chi connectivity index (χ2v) is 22.2. The number of carbonyl (C=O) groups excluding carboxylic acids is 3. The Morgan fingerprint density at radius 3 is 2.12 bits per heavy atom. The van der Waals surface area contributed by atoms with E-state index < -0.39 is 90.7 Å². The molecular formula is C43H68N7O18P3S. The van der Waals surface area contributed by atoms with Crippen LogP contribution in [-0.4, -0.2) is 134 Å². The van der Waals surface area contributed by atoms with Gasteiger partial charge in [-0.1, -0.05) is 93.3 Å². The lowest BCUT2D eigenvalue weighted by Gasteiger charge is -2.30. The maximum atomic E-state index is 12.8. The number of imidazole rings is 1. The van der Waals surface area contributed by atoms with Gasteiger partial charge in [-0.25, -0.2) is 28.6 Å². The summed E-state index contributed by atoms with van der Waals surface area (Å²) in [6.07, 6.45) is 20.1. The number of aliphatic hydroxyl groups is 3. The van der Waals surface area contributed by atoms with Crippen molar-refractivity contribution >= 4 is 69.1 Å². The molecule has 2 amide bonds. The molecule has 0 bridgehead atoms. The van der Waals surface area contributed by atoms with Crippen LogP contribution >= 0.6 is 35.2 Å². The Hall–Kier alpha value is -3.78. The predicted octanol–water partition coefficient (Wildman–Crippen LogP) is 4.34. The van der Waals surface area contributed by atoms with Crippen molar-refractivity contribution in [1.82, 2.24) is 30.2 Å². The first-order valence-electron chi connectivity index (χ1n) is 22.9. The van der Waals surface area contributed by atoms with Crippen molar-refractivity contribution < 1.29 is 85.6 Å². The minimum atomic E-state index is -5.59. The molecule has 8 atom stereocenters. The van der Waals surface area contributed by atoms with Crippen LogP contribution in [0.4, 0.5) is 5.82 Å². The molecule has 1 aliphatic rings. The second kappa shape index (κ2) is 31.2. The van der Waals surface area contributed by atoms with Gasteiger partial charge in [0.15, 0.2) is 22.8 Å². The molecule has 0 radical (unpaired) electrons. The van der Waals surface area contributed by atoms with Crippen molar-refractivity contribution in [2.45, 2.75) is 122 Å². The molecule has 25 nitrogen and oxygen atoms in total. The summed E-state index contributed by atoms with van der Waals surface area (Å²) >= 11 is 0.972. The molecular weight excluding hydrogens is 1030 g/mol. The lowest BCUT2D eigenvalue weighted by Crippen LogP contribution is -2.46. The number of aliphatic hydroxyl groups excluding tert-OH is 3. The van der Waals surface area contributed by atoms with E-state index in [1.54, 1.807) is 0 Å². The highest BCUT2D eigenvalue weighted by molar-refractivity contribution is 8.13. The van der Waals surface area contributed by atoms with Crippen LogP contribution in [0.15, 0.2) is 73.4 Å². The van der Waals surface area contributed by atoms with E-state index in [9.17, 15) is 63.0 Å². The van der Waals surface area contributed by atoms with Crippen molar-refractivity contribution in [2.75, 3.05) is 37.8 Å². The molecule has 11 N–H and O–H groups in total. The van der Waals surface area contributed by atoms with Gasteiger partial charge in [-0.3, -0.25) is 32.5 Å². The van der Waals surface area contributed by atoms with Crippen molar-refractivity contribution in [3.05, 3.63) is 73.4 Å². The molecule has 3 rings (SSSR count). The van der Waals surface area contributed by atoms with Crippen LogP contribution in [0.2, 0.25) is 0 Å². The van der Waals surface area contributed by atoms with Crippen molar-refractivity contribution in [2.24, 2.45) is 5.41 Å². The number of phosphoric ester groups is 3. The minimum Gasteiger partial charge on any atom is -0.393 e. The Morgan fingerprint density at radius 1 is 0.889 bits per heavy atom. The fraction of sp³-hybridized carbons (Fsp3) is 0.581. The van der Waals surface area contributed by atoms with E-state index in [0.29, 0.717) is 6.42 Å². The largest absolute Gasteiger partial charge is 0.481 e. The zero-order valence-corrected chi connectivity index (χ0v) is 43.7. The Balaban J connectivity index is 1.29. The Kier molecular flexibility index (Phi) is 27.1. The van der Waals surface area contributed by atoms with Gasteiger partial charge < -0.3 is 56.0 Å². The molecule has 0 aromatic carbocycles. The number of nitrogens with zero attached hydrogens (tertiary/aromatic N) is 4. The summed E-state index contributed by atoms with van der Waals surface area (Å²) in [6.45, 7) is 2.46. The summed E-state index contributed by atoms with van der Waals surface area (Å²) in [5, 5.41) is 36.6. The first-order valence-corrected chi connectivity index (χ1v) is 28.4.